The second kappa shape index (κ2) is 3.71. The van der Waals surface area contributed by atoms with Gasteiger partial charge in [-0.2, -0.15) is 5.26 Å². The molecule has 0 unspecified atom stereocenters. The summed E-state index contributed by atoms with van der Waals surface area (Å²) in [5, 5.41) is 20.7. The third-order valence-corrected chi connectivity index (χ3v) is 2.64. The average Bonchev–Trinajstić information content (AvgIpc) is 2.27. The highest BCUT2D eigenvalue weighted by Gasteiger charge is 2.24. The summed E-state index contributed by atoms with van der Waals surface area (Å²) in [6.45, 7) is 0.516. The van der Waals surface area contributed by atoms with E-state index in [1.807, 2.05) is 12.1 Å². The molecule has 0 saturated carbocycles. The van der Waals surface area contributed by atoms with Crippen LogP contribution in [0.25, 0.3) is 0 Å². The number of carboxylic acids is 1. The maximum Gasteiger partial charge on any atom is 0.321 e. The molecule has 1 heterocycles. The second-order valence-electron chi connectivity index (χ2n) is 3.53. The van der Waals surface area contributed by atoms with Crippen LogP contribution in [0, 0.1) is 11.3 Å². The number of carboxylic acid groups (broad SMARTS) is 1. The lowest BCUT2D eigenvalue weighted by atomic mass is 9.92. The quantitative estimate of drug-likeness (QED) is 0.701. The molecule has 2 rings (SSSR count). The van der Waals surface area contributed by atoms with Gasteiger partial charge in [0.1, 0.15) is 6.04 Å². The fourth-order valence-electron chi connectivity index (χ4n) is 1.83. The van der Waals surface area contributed by atoms with Crippen molar-refractivity contribution in [3.05, 3.63) is 34.9 Å². The van der Waals surface area contributed by atoms with Crippen molar-refractivity contribution in [1.29, 1.82) is 5.26 Å². The number of carbonyl (C=O) groups is 1. The predicted octanol–water partition coefficient (Wildman–Crippen LogP) is 0.657. The van der Waals surface area contributed by atoms with Gasteiger partial charge in [-0.1, -0.05) is 12.1 Å². The van der Waals surface area contributed by atoms with Crippen molar-refractivity contribution in [2.24, 2.45) is 0 Å². The molecule has 0 aromatic heterocycles. The minimum absolute atomic E-state index is 0.383. The Bertz CT molecular complexity index is 448. The molecule has 0 fully saturated rings. The maximum absolute atomic E-state index is 10.8. The number of fused-ring (bicyclic) bond motifs is 1. The fourth-order valence-corrected chi connectivity index (χ4v) is 1.83. The first-order chi connectivity index (χ1) is 7.22. The van der Waals surface area contributed by atoms with E-state index in [0.29, 0.717) is 18.5 Å². The Morgan fingerprint density at radius 3 is 3.07 bits per heavy atom. The number of aliphatic carboxylic acids is 1. The summed E-state index contributed by atoms with van der Waals surface area (Å²) >= 11 is 0. The van der Waals surface area contributed by atoms with Crippen LogP contribution >= 0.6 is 0 Å². The average molecular weight is 202 g/mol. The normalized spacial score (nSPS) is 19.0. The summed E-state index contributed by atoms with van der Waals surface area (Å²) in [4.78, 5) is 10.8. The summed E-state index contributed by atoms with van der Waals surface area (Å²) in [6, 6.07) is 6.98. The van der Waals surface area contributed by atoms with E-state index in [1.54, 1.807) is 6.07 Å². The predicted molar refractivity (Wildman–Crippen MR) is 53.1 cm³/mol. The highest BCUT2D eigenvalue weighted by Crippen LogP contribution is 2.20. The van der Waals surface area contributed by atoms with Gasteiger partial charge in [-0.05, 0) is 17.2 Å². The largest absolute Gasteiger partial charge is 0.480 e. The van der Waals surface area contributed by atoms with Crippen molar-refractivity contribution in [3.8, 4) is 6.07 Å². The molecule has 4 nitrogen and oxygen atoms in total. The molecule has 1 aromatic rings. The summed E-state index contributed by atoms with van der Waals surface area (Å²) in [5.74, 6) is -0.867. The molecule has 0 aliphatic carbocycles. The molecule has 0 bridgehead atoms. The zero-order valence-electron chi connectivity index (χ0n) is 8.03. The van der Waals surface area contributed by atoms with Crippen LogP contribution in [0.1, 0.15) is 16.7 Å². The van der Waals surface area contributed by atoms with Crippen LogP contribution in [-0.4, -0.2) is 17.1 Å². The molecule has 0 spiro atoms. The third kappa shape index (κ3) is 1.69. The summed E-state index contributed by atoms with van der Waals surface area (Å²) in [5.41, 5.74) is 2.47. The van der Waals surface area contributed by atoms with Gasteiger partial charge in [-0.3, -0.25) is 4.79 Å². The lowest BCUT2D eigenvalue weighted by Gasteiger charge is -2.23. The van der Waals surface area contributed by atoms with Gasteiger partial charge in [-0.25, -0.2) is 0 Å². The van der Waals surface area contributed by atoms with Crippen LogP contribution in [-0.2, 0) is 17.8 Å². The molecule has 1 aliphatic rings. The first-order valence-corrected chi connectivity index (χ1v) is 4.69. The molecule has 0 radical (unpaired) electrons. The Labute approximate surface area is 87.1 Å². The van der Waals surface area contributed by atoms with E-state index in [9.17, 15) is 4.79 Å². The zero-order valence-corrected chi connectivity index (χ0v) is 8.03. The first kappa shape index (κ1) is 9.69. The van der Waals surface area contributed by atoms with Gasteiger partial charge in [-0.15, -0.1) is 0 Å². The van der Waals surface area contributed by atoms with Gasteiger partial charge >= 0.3 is 5.97 Å². The van der Waals surface area contributed by atoms with Crippen molar-refractivity contribution in [2.75, 3.05) is 0 Å². The Kier molecular flexibility index (Phi) is 2.40. The lowest BCUT2D eigenvalue weighted by Crippen LogP contribution is -2.41. The highest BCUT2D eigenvalue weighted by atomic mass is 16.4. The van der Waals surface area contributed by atoms with Gasteiger partial charge in [0, 0.05) is 13.0 Å². The molecule has 0 amide bonds. The van der Waals surface area contributed by atoms with E-state index in [2.05, 4.69) is 11.4 Å². The molecule has 1 aliphatic heterocycles. The van der Waals surface area contributed by atoms with Crippen molar-refractivity contribution >= 4 is 5.97 Å². The Balaban J connectivity index is 2.39. The van der Waals surface area contributed by atoms with E-state index in [1.165, 1.54) is 0 Å². The van der Waals surface area contributed by atoms with Gasteiger partial charge in [0.2, 0.25) is 0 Å². The van der Waals surface area contributed by atoms with E-state index in [-0.39, 0.29) is 0 Å². The van der Waals surface area contributed by atoms with Crippen molar-refractivity contribution in [3.63, 3.8) is 0 Å². The summed E-state index contributed by atoms with van der Waals surface area (Å²) in [7, 11) is 0. The van der Waals surface area contributed by atoms with Gasteiger partial charge in [0.15, 0.2) is 0 Å². The Morgan fingerprint density at radius 1 is 1.60 bits per heavy atom. The van der Waals surface area contributed by atoms with Crippen molar-refractivity contribution in [2.45, 2.75) is 19.0 Å². The number of nitrogens with zero attached hydrogens (tertiary/aromatic N) is 1. The van der Waals surface area contributed by atoms with E-state index >= 15 is 0 Å². The summed E-state index contributed by atoms with van der Waals surface area (Å²) < 4.78 is 0. The molecule has 76 valence electrons. The number of rotatable bonds is 1. The van der Waals surface area contributed by atoms with Gasteiger partial charge in [0.25, 0.3) is 0 Å². The lowest BCUT2D eigenvalue weighted by molar-refractivity contribution is -0.139. The number of benzene rings is 1. The van der Waals surface area contributed by atoms with Crippen LogP contribution in [0.5, 0.6) is 0 Å². The third-order valence-electron chi connectivity index (χ3n) is 2.64. The van der Waals surface area contributed by atoms with E-state index < -0.39 is 12.0 Å². The minimum atomic E-state index is -0.867. The molecule has 4 heteroatoms. The Morgan fingerprint density at radius 2 is 2.40 bits per heavy atom. The summed E-state index contributed by atoms with van der Waals surface area (Å²) in [6.07, 6.45) is 0.383. The monoisotopic (exact) mass is 202 g/mol. The van der Waals surface area contributed by atoms with Crippen molar-refractivity contribution < 1.29 is 9.90 Å². The van der Waals surface area contributed by atoms with Crippen LogP contribution in [0.3, 0.4) is 0 Å². The molecule has 0 saturated heterocycles. The number of nitrogens with one attached hydrogen (secondary N) is 1. The molecule has 2 N–H and O–H groups in total. The molecule has 1 atom stereocenters. The van der Waals surface area contributed by atoms with Crippen LogP contribution in [0.2, 0.25) is 0 Å². The van der Waals surface area contributed by atoms with E-state index in [4.69, 9.17) is 10.4 Å². The van der Waals surface area contributed by atoms with Crippen LogP contribution in [0.4, 0.5) is 0 Å². The smallest absolute Gasteiger partial charge is 0.321 e. The van der Waals surface area contributed by atoms with Crippen LogP contribution in [0.15, 0.2) is 18.2 Å². The molecular weight excluding hydrogens is 192 g/mol. The SMILES string of the molecule is N#Cc1cccc2c1C[C@@H](C(=O)O)NC2. The molecule has 15 heavy (non-hydrogen) atoms. The Hall–Kier alpha value is -1.86. The standard InChI is InChI=1S/C11H10N2O2/c12-5-7-2-1-3-8-6-13-10(11(14)15)4-9(7)8/h1-3,10,13H,4,6H2,(H,14,15)/t10-/m0/s1. The highest BCUT2D eigenvalue weighted by molar-refractivity contribution is 5.74. The number of hydrogen-bond acceptors (Lipinski definition) is 3. The first-order valence-electron chi connectivity index (χ1n) is 4.69. The second-order valence-corrected chi connectivity index (χ2v) is 3.53. The van der Waals surface area contributed by atoms with E-state index in [0.717, 1.165) is 11.1 Å². The maximum atomic E-state index is 10.8. The van der Waals surface area contributed by atoms with Crippen molar-refractivity contribution in [1.82, 2.24) is 5.32 Å². The van der Waals surface area contributed by atoms with Gasteiger partial charge in [0.05, 0.1) is 11.6 Å². The zero-order chi connectivity index (χ0) is 10.8. The fraction of sp³-hybridized carbons (Fsp3) is 0.273. The molecular formula is C11H10N2O2. The molecule has 1 aromatic carbocycles. The minimum Gasteiger partial charge on any atom is -0.480 e. The number of hydrogen-bond donors (Lipinski definition) is 2. The van der Waals surface area contributed by atoms with Gasteiger partial charge < -0.3 is 10.4 Å². The van der Waals surface area contributed by atoms with Crippen LogP contribution < -0.4 is 5.32 Å². The topological polar surface area (TPSA) is 73.1 Å². The number of nitriles is 1.